The van der Waals surface area contributed by atoms with Gasteiger partial charge in [-0.05, 0) is 60.1 Å². The van der Waals surface area contributed by atoms with Gasteiger partial charge in [0.15, 0.2) is 5.78 Å². The number of piperazine rings is 1. The van der Waals surface area contributed by atoms with Gasteiger partial charge in [-0.1, -0.05) is 42.5 Å². The van der Waals surface area contributed by atoms with Gasteiger partial charge in [-0.25, -0.2) is 8.78 Å². The first kappa shape index (κ1) is 24.2. The highest BCUT2D eigenvalue weighted by Gasteiger charge is 2.32. The zero-order chi connectivity index (χ0) is 24.2. The van der Waals surface area contributed by atoms with E-state index in [-0.39, 0.29) is 29.4 Å². The molecule has 2 unspecified atom stereocenters. The van der Waals surface area contributed by atoms with Crippen LogP contribution in [-0.2, 0) is 13.0 Å². The summed E-state index contributed by atoms with van der Waals surface area (Å²) in [5, 5.41) is 0. The van der Waals surface area contributed by atoms with Crippen LogP contribution in [0.25, 0.3) is 0 Å². The van der Waals surface area contributed by atoms with Crippen LogP contribution < -0.4 is 0 Å². The Bertz CT molecular complexity index is 1150. The van der Waals surface area contributed by atoms with E-state index in [0.29, 0.717) is 0 Å². The van der Waals surface area contributed by atoms with Crippen LogP contribution in [0.1, 0.15) is 27.9 Å². The first-order valence-corrected chi connectivity index (χ1v) is 13.2. The van der Waals surface area contributed by atoms with E-state index in [1.165, 1.54) is 24.3 Å². The third-order valence-corrected chi connectivity index (χ3v) is 8.20. The van der Waals surface area contributed by atoms with Crippen molar-refractivity contribution in [3.8, 4) is 0 Å². The van der Waals surface area contributed by atoms with E-state index in [1.807, 2.05) is 48.5 Å². The molecule has 6 heteroatoms. The average Bonchev–Trinajstić information content (AvgIpc) is 3.02. The predicted molar refractivity (Wildman–Crippen MR) is 137 cm³/mol. The number of rotatable bonds is 6. The number of carbonyl (C=O) groups is 1. The number of fused-ring (bicyclic) bond motifs is 1. The van der Waals surface area contributed by atoms with Crippen LogP contribution in [-0.4, -0.2) is 53.6 Å². The summed E-state index contributed by atoms with van der Waals surface area (Å²) in [5.41, 5.74) is 3.03. The van der Waals surface area contributed by atoms with Crippen LogP contribution >= 0.6 is 11.8 Å². The van der Waals surface area contributed by atoms with E-state index in [9.17, 15) is 13.6 Å². The molecule has 3 aromatic carbocycles. The summed E-state index contributed by atoms with van der Waals surface area (Å²) in [6.45, 7) is 4.11. The third-order valence-electron chi connectivity index (χ3n) is 7.10. The third kappa shape index (κ3) is 6.00. The molecule has 182 valence electrons. The Balaban J connectivity index is 1.30. The van der Waals surface area contributed by atoms with Gasteiger partial charge in [0.1, 0.15) is 11.6 Å². The summed E-state index contributed by atoms with van der Waals surface area (Å²) >= 11 is 1.78. The van der Waals surface area contributed by atoms with Gasteiger partial charge >= 0.3 is 0 Å². The lowest BCUT2D eigenvalue weighted by Crippen LogP contribution is -2.54. The fourth-order valence-corrected chi connectivity index (χ4v) is 6.31. The molecule has 5 rings (SSSR count). The summed E-state index contributed by atoms with van der Waals surface area (Å²) in [6, 6.07) is 21.6. The van der Waals surface area contributed by atoms with Gasteiger partial charge in [0.2, 0.25) is 0 Å². The summed E-state index contributed by atoms with van der Waals surface area (Å²) in [7, 11) is 0. The topological polar surface area (TPSA) is 23.6 Å². The molecule has 1 saturated heterocycles. The van der Waals surface area contributed by atoms with Crippen molar-refractivity contribution in [2.24, 2.45) is 5.92 Å². The maximum atomic E-state index is 13.5. The highest BCUT2D eigenvalue weighted by molar-refractivity contribution is 7.99. The Hall–Kier alpha value is -2.54. The summed E-state index contributed by atoms with van der Waals surface area (Å²) < 4.78 is 26.9. The van der Waals surface area contributed by atoms with E-state index in [4.69, 9.17) is 0 Å². The van der Waals surface area contributed by atoms with E-state index in [1.54, 1.807) is 11.8 Å². The molecule has 2 aliphatic heterocycles. The number of ketones is 1. The molecule has 0 radical (unpaired) electrons. The Morgan fingerprint density at radius 2 is 1.54 bits per heavy atom. The molecule has 3 aromatic rings. The van der Waals surface area contributed by atoms with Crippen LogP contribution in [0.3, 0.4) is 0 Å². The van der Waals surface area contributed by atoms with Crippen LogP contribution in [0, 0.1) is 17.6 Å². The molecule has 2 atom stereocenters. The van der Waals surface area contributed by atoms with Crippen molar-refractivity contribution in [2.75, 3.05) is 31.9 Å². The van der Waals surface area contributed by atoms with E-state index >= 15 is 0 Å². The largest absolute Gasteiger partial charge is 0.300 e. The van der Waals surface area contributed by atoms with E-state index in [0.717, 1.165) is 72.9 Å². The number of thioether (sulfide) groups is 1. The van der Waals surface area contributed by atoms with Crippen molar-refractivity contribution in [1.82, 2.24) is 9.80 Å². The van der Waals surface area contributed by atoms with Crippen LogP contribution in [0.15, 0.2) is 77.7 Å². The lowest BCUT2D eigenvalue weighted by Gasteiger charge is -2.42. The standard InChI is InChI=1S/C29H30F2N2OS/c30-24-9-5-21(6-10-24)17-26-20-32(14-15-33(26)18-22-7-11-25(31)12-8-22)19-23-13-16-35-28-4-2-1-3-27(28)29(23)34/h1-12,23,26H,13-20H2. The first-order chi connectivity index (χ1) is 17.0. The van der Waals surface area contributed by atoms with Crippen molar-refractivity contribution in [3.63, 3.8) is 0 Å². The summed E-state index contributed by atoms with van der Waals surface area (Å²) in [4.78, 5) is 19.3. The molecule has 0 amide bonds. The fourth-order valence-electron chi connectivity index (χ4n) is 5.19. The molecule has 35 heavy (non-hydrogen) atoms. The quantitative estimate of drug-likeness (QED) is 0.441. The normalized spacial score (nSPS) is 21.5. The lowest BCUT2D eigenvalue weighted by molar-refractivity contribution is 0.0546. The van der Waals surface area contributed by atoms with Gasteiger partial charge in [-0.15, -0.1) is 11.8 Å². The molecular weight excluding hydrogens is 462 g/mol. The van der Waals surface area contributed by atoms with Crippen molar-refractivity contribution in [3.05, 3.63) is 101 Å². The maximum absolute atomic E-state index is 13.5. The number of hydrogen-bond acceptors (Lipinski definition) is 4. The minimum absolute atomic E-state index is 0.00118. The van der Waals surface area contributed by atoms with Gasteiger partial charge in [-0.2, -0.15) is 0 Å². The number of nitrogens with zero attached hydrogens (tertiary/aromatic N) is 2. The van der Waals surface area contributed by atoms with Crippen LogP contribution in [0.4, 0.5) is 8.78 Å². The number of Topliss-reactive ketones (excluding diaryl/α,β-unsaturated/α-hetero) is 1. The SMILES string of the molecule is O=C1c2ccccc2SCCC1CN1CCN(Cc2ccc(F)cc2)C(Cc2ccc(F)cc2)C1. The molecule has 0 spiro atoms. The van der Waals surface area contributed by atoms with E-state index in [2.05, 4.69) is 9.80 Å². The predicted octanol–water partition coefficient (Wildman–Crippen LogP) is 5.69. The summed E-state index contributed by atoms with van der Waals surface area (Å²) in [6.07, 6.45) is 1.69. The van der Waals surface area contributed by atoms with Gasteiger partial charge in [0, 0.05) is 55.1 Å². The average molecular weight is 493 g/mol. The molecule has 3 nitrogen and oxygen atoms in total. The molecule has 1 fully saturated rings. The number of halogens is 2. The number of benzene rings is 3. The molecule has 0 saturated carbocycles. The molecule has 0 aliphatic carbocycles. The second kappa shape index (κ2) is 11.0. The number of carbonyl (C=O) groups excluding carboxylic acids is 1. The Morgan fingerprint density at radius 1 is 0.857 bits per heavy atom. The lowest BCUT2D eigenvalue weighted by atomic mass is 9.93. The fraction of sp³-hybridized carbons (Fsp3) is 0.345. The van der Waals surface area contributed by atoms with E-state index < -0.39 is 0 Å². The van der Waals surface area contributed by atoms with Crippen LogP contribution in [0.2, 0.25) is 0 Å². The minimum Gasteiger partial charge on any atom is -0.300 e. The minimum atomic E-state index is -0.229. The second-order valence-corrected chi connectivity index (χ2v) is 10.7. The van der Waals surface area contributed by atoms with Crippen molar-refractivity contribution < 1.29 is 13.6 Å². The van der Waals surface area contributed by atoms with Gasteiger partial charge in [0.05, 0.1) is 0 Å². The monoisotopic (exact) mass is 492 g/mol. The van der Waals surface area contributed by atoms with Gasteiger partial charge < -0.3 is 0 Å². The smallest absolute Gasteiger partial charge is 0.168 e. The molecule has 2 aliphatic rings. The highest BCUT2D eigenvalue weighted by Crippen LogP contribution is 2.32. The molecule has 2 heterocycles. The van der Waals surface area contributed by atoms with Gasteiger partial charge in [0.25, 0.3) is 0 Å². The van der Waals surface area contributed by atoms with Crippen molar-refractivity contribution in [2.45, 2.75) is 30.3 Å². The van der Waals surface area contributed by atoms with Crippen molar-refractivity contribution >= 4 is 17.5 Å². The number of hydrogen-bond donors (Lipinski definition) is 0. The zero-order valence-electron chi connectivity index (χ0n) is 19.7. The maximum Gasteiger partial charge on any atom is 0.168 e. The Kier molecular flexibility index (Phi) is 7.61. The molecular formula is C29H30F2N2OS. The first-order valence-electron chi connectivity index (χ1n) is 12.3. The summed E-state index contributed by atoms with van der Waals surface area (Å²) in [5.74, 6) is 0.758. The Morgan fingerprint density at radius 3 is 2.29 bits per heavy atom. The molecule has 0 N–H and O–H groups in total. The highest BCUT2D eigenvalue weighted by atomic mass is 32.2. The molecule has 0 bridgehead atoms. The van der Waals surface area contributed by atoms with Crippen LogP contribution in [0.5, 0.6) is 0 Å². The Labute approximate surface area is 210 Å². The molecule has 0 aromatic heterocycles. The van der Waals surface area contributed by atoms with Gasteiger partial charge in [-0.3, -0.25) is 14.6 Å². The zero-order valence-corrected chi connectivity index (χ0v) is 20.5. The van der Waals surface area contributed by atoms with Crippen molar-refractivity contribution in [1.29, 1.82) is 0 Å². The second-order valence-electron chi connectivity index (χ2n) is 9.54.